The van der Waals surface area contributed by atoms with Crippen molar-refractivity contribution in [3.63, 3.8) is 0 Å². The molecule has 0 aliphatic carbocycles. The van der Waals surface area contributed by atoms with E-state index in [4.69, 9.17) is 9.47 Å². The van der Waals surface area contributed by atoms with Crippen molar-refractivity contribution in [1.29, 1.82) is 0 Å². The molecule has 0 fully saturated rings. The Morgan fingerprint density at radius 3 is 2.55 bits per heavy atom. The molecule has 2 aromatic carbocycles. The molecule has 166 valence electrons. The molecule has 0 bridgehead atoms. The first-order chi connectivity index (χ1) is 14.9. The highest BCUT2D eigenvalue weighted by atomic mass is 32.2. The number of carbonyl (C=O) groups is 1. The number of hydrogen-bond donors (Lipinski definition) is 0. The number of ether oxygens (including phenoxy) is 3. The monoisotopic (exact) mass is 445 g/mol. The number of benzene rings is 2. The summed E-state index contributed by atoms with van der Waals surface area (Å²) in [6, 6.07) is 13.8. The van der Waals surface area contributed by atoms with Crippen LogP contribution in [-0.4, -0.2) is 58.4 Å². The lowest BCUT2D eigenvalue weighted by Gasteiger charge is -2.25. The highest BCUT2D eigenvalue weighted by Gasteiger charge is 2.27. The van der Waals surface area contributed by atoms with Crippen LogP contribution in [0, 0.1) is 0 Å². The van der Waals surface area contributed by atoms with Gasteiger partial charge in [0.1, 0.15) is 11.5 Å². The fourth-order valence-corrected chi connectivity index (χ4v) is 4.78. The molecule has 1 heterocycles. The molecule has 2 aromatic rings. The topological polar surface area (TPSA) is 82.1 Å². The van der Waals surface area contributed by atoms with E-state index in [1.54, 1.807) is 7.11 Å². The number of rotatable bonds is 8. The fraction of sp³-hybridized carbons (Fsp3) is 0.348. The highest BCUT2D eigenvalue weighted by Crippen LogP contribution is 2.35. The van der Waals surface area contributed by atoms with Gasteiger partial charge >= 0.3 is 5.97 Å². The van der Waals surface area contributed by atoms with E-state index in [2.05, 4.69) is 4.74 Å². The molecule has 0 amide bonds. The summed E-state index contributed by atoms with van der Waals surface area (Å²) in [6.07, 6.45) is 2.42. The van der Waals surface area contributed by atoms with E-state index in [1.165, 1.54) is 11.4 Å². The number of sulfonamides is 1. The van der Waals surface area contributed by atoms with Crippen molar-refractivity contribution < 1.29 is 27.4 Å². The van der Waals surface area contributed by atoms with Gasteiger partial charge in [-0.1, -0.05) is 30.3 Å². The molecule has 7 nitrogen and oxygen atoms in total. The molecule has 0 saturated heterocycles. The van der Waals surface area contributed by atoms with E-state index in [-0.39, 0.29) is 6.54 Å². The first kappa shape index (κ1) is 22.8. The van der Waals surface area contributed by atoms with E-state index < -0.39 is 21.7 Å². The Balaban J connectivity index is 1.81. The van der Waals surface area contributed by atoms with Crippen LogP contribution in [0.25, 0.3) is 16.7 Å². The maximum Gasteiger partial charge on any atom is 0.322 e. The number of nitrogens with zero attached hydrogens (tertiary/aromatic N) is 1. The molecule has 1 aliphatic heterocycles. The van der Waals surface area contributed by atoms with Crippen LogP contribution >= 0.6 is 0 Å². The lowest BCUT2D eigenvalue weighted by atomic mass is 9.96. The maximum absolute atomic E-state index is 12.3. The quantitative estimate of drug-likeness (QED) is 0.580. The Morgan fingerprint density at radius 2 is 1.90 bits per heavy atom. The largest absolute Gasteiger partial charge is 0.496 e. The summed E-state index contributed by atoms with van der Waals surface area (Å²) in [5.74, 6) is 0.126. The van der Waals surface area contributed by atoms with E-state index >= 15 is 0 Å². The van der Waals surface area contributed by atoms with E-state index in [0.29, 0.717) is 19.6 Å². The van der Waals surface area contributed by atoms with E-state index in [1.807, 2.05) is 55.5 Å². The van der Waals surface area contributed by atoms with E-state index in [9.17, 15) is 13.2 Å². The molecule has 0 atom stereocenters. The smallest absolute Gasteiger partial charge is 0.322 e. The summed E-state index contributed by atoms with van der Waals surface area (Å²) in [5.41, 5.74) is 3.96. The zero-order valence-electron chi connectivity index (χ0n) is 18.0. The van der Waals surface area contributed by atoms with Crippen molar-refractivity contribution >= 4 is 21.6 Å². The first-order valence-corrected chi connectivity index (χ1v) is 11.6. The lowest BCUT2D eigenvalue weighted by Crippen LogP contribution is -2.38. The minimum Gasteiger partial charge on any atom is -0.496 e. The standard InChI is InChI=1S/C23H27NO6S/c1-4-30-20-7-5-6-19(14-20)21-9-8-18(15-22(21)28-2)17-10-12-24(13-11-17)31(26,27)16-23(25)29-3/h5-10,14-15H,4,11-13,16H2,1-3H3. The molecule has 0 unspecified atom stereocenters. The number of methoxy groups -OCH3 is 2. The second kappa shape index (κ2) is 9.98. The zero-order valence-corrected chi connectivity index (χ0v) is 18.8. The Morgan fingerprint density at radius 1 is 1.10 bits per heavy atom. The van der Waals surface area contributed by atoms with E-state index in [0.717, 1.165) is 33.8 Å². The number of esters is 1. The lowest BCUT2D eigenvalue weighted by molar-refractivity contribution is -0.137. The van der Waals surface area contributed by atoms with Crippen molar-refractivity contribution in [1.82, 2.24) is 4.31 Å². The minimum absolute atomic E-state index is 0.217. The Bertz CT molecular complexity index is 1080. The van der Waals surface area contributed by atoms with Crippen LogP contribution in [0.3, 0.4) is 0 Å². The van der Waals surface area contributed by atoms with Gasteiger partial charge in [-0.05, 0) is 48.2 Å². The molecule has 0 spiro atoms. The average Bonchev–Trinajstić information content (AvgIpc) is 2.78. The van der Waals surface area contributed by atoms with Gasteiger partial charge in [0.2, 0.25) is 10.0 Å². The van der Waals surface area contributed by atoms with Gasteiger partial charge in [0.05, 0.1) is 20.8 Å². The first-order valence-electron chi connectivity index (χ1n) is 10.0. The van der Waals surface area contributed by atoms with Crippen LogP contribution in [0.5, 0.6) is 11.5 Å². The number of hydrogen-bond acceptors (Lipinski definition) is 6. The minimum atomic E-state index is -3.69. The van der Waals surface area contributed by atoms with Crippen LogP contribution in [0.4, 0.5) is 0 Å². The second-order valence-corrected chi connectivity index (χ2v) is 9.01. The molecule has 0 aromatic heterocycles. The Kier molecular flexibility index (Phi) is 7.35. The van der Waals surface area contributed by atoms with Gasteiger partial charge in [-0.3, -0.25) is 4.79 Å². The molecule has 3 rings (SSSR count). The molecule has 8 heteroatoms. The van der Waals surface area contributed by atoms with Crippen molar-refractivity contribution in [3.8, 4) is 22.6 Å². The second-order valence-electron chi connectivity index (χ2n) is 7.05. The van der Waals surface area contributed by atoms with Gasteiger partial charge in [0, 0.05) is 18.7 Å². The predicted octanol–water partition coefficient (Wildman–Crippen LogP) is 3.35. The Labute approximate surface area is 183 Å². The highest BCUT2D eigenvalue weighted by molar-refractivity contribution is 7.89. The van der Waals surface area contributed by atoms with Crippen LogP contribution in [0.1, 0.15) is 18.9 Å². The third kappa shape index (κ3) is 5.45. The number of carbonyl (C=O) groups excluding carboxylic acids is 1. The van der Waals surface area contributed by atoms with Crippen molar-refractivity contribution in [2.24, 2.45) is 0 Å². The molecular weight excluding hydrogens is 418 g/mol. The SMILES string of the molecule is CCOc1cccc(-c2ccc(C3=CCN(S(=O)(=O)CC(=O)OC)CC3)cc2OC)c1. The van der Waals surface area contributed by atoms with Crippen LogP contribution in [0.2, 0.25) is 0 Å². The fourth-order valence-electron chi connectivity index (χ4n) is 3.51. The van der Waals surface area contributed by atoms with Gasteiger partial charge in [0.25, 0.3) is 0 Å². The molecule has 31 heavy (non-hydrogen) atoms. The summed E-state index contributed by atoms with van der Waals surface area (Å²) in [5, 5.41) is 0. The predicted molar refractivity (Wildman–Crippen MR) is 120 cm³/mol. The zero-order chi connectivity index (χ0) is 22.4. The van der Waals surface area contributed by atoms with Gasteiger partial charge in [0.15, 0.2) is 5.75 Å². The van der Waals surface area contributed by atoms with Gasteiger partial charge in [-0.25, -0.2) is 8.42 Å². The Hall–Kier alpha value is -2.84. The average molecular weight is 446 g/mol. The van der Waals surface area contributed by atoms with Crippen molar-refractivity contribution in [2.75, 3.05) is 39.7 Å². The van der Waals surface area contributed by atoms with Gasteiger partial charge in [-0.2, -0.15) is 4.31 Å². The molecular formula is C23H27NO6S. The summed E-state index contributed by atoms with van der Waals surface area (Å²) < 4.78 is 41.7. The van der Waals surface area contributed by atoms with Crippen LogP contribution in [-0.2, 0) is 19.6 Å². The third-order valence-corrected chi connectivity index (χ3v) is 6.84. The van der Waals surface area contributed by atoms with Crippen LogP contribution < -0.4 is 9.47 Å². The maximum atomic E-state index is 12.3. The summed E-state index contributed by atoms with van der Waals surface area (Å²) >= 11 is 0. The summed E-state index contributed by atoms with van der Waals surface area (Å²) in [6.45, 7) is 3.07. The normalized spacial score (nSPS) is 14.6. The molecule has 1 aliphatic rings. The van der Waals surface area contributed by atoms with Crippen molar-refractivity contribution in [2.45, 2.75) is 13.3 Å². The van der Waals surface area contributed by atoms with Crippen molar-refractivity contribution in [3.05, 3.63) is 54.1 Å². The van der Waals surface area contributed by atoms with Gasteiger partial charge < -0.3 is 14.2 Å². The molecule has 0 radical (unpaired) electrons. The third-order valence-electron chi connectivity index (χ3n) is 5.12. The van der Waals surface area contributed by atoms with Crippen LogP contribution in [0.15, 0.2) is 48.5 Å². The summed E-state index contributed by atoms with van der Waals surface area (Å²) in [4.78, 5) is 11.4. The van der Waals surface area contributed by atoms with Gasteiger partial charge in [-0.15, -0.1) is 0 Å². The molecule has 0 N–H and O–H groups in total. The molecule has 0 saturated carbocycles. The summed E-state index contributed by atoms with van der Waals surface area (Å²) in [7, 11) is -0.880.